The highest BCUT2D eigenvalue weighted by Crippen LogP contribution is 2.24. The summed E-state index contributed by atoms with van der Waals surface area (Å²) in [5.74, 6) is -1.32. The van der Waals surface area contributed by atoms with E-state index in [4.69, 9.17) is 0 Å². The molecular weight excluding hydrogens is 280 g/mol. The number of H-pyrrole nitrogens is 1. The summed E-state index contributed by atoms with van der Waals surface area (Å²) in [5, 5.41) is 10.1. The van der Waals surface area contributed by atoms with Gasteiger partial charge in [0.2, 0.25) is 0 Å². The number of nitrogens with one attached hydrogen (secondary N) is 1. The molecule has 0 saturated carbocycles. The summed E-state index contributed by atoms with van der Waals surface area (Å²) >= 11 is 1.27. The molecule has 1 aliphatic rings. The topological polar surface area (TPSA) is 99.2 Å². The number of aromatic nitrogens is 3. The van der Waals surface area contributed by atoms with E-state index in [1.165, 1.54) is 28.8 Å². The van der Waals surface area contributed by atoms with Gasteiger partial charge >= 0.3 is 5.97 Å². The van der Waals surface area contributed by atoms with Crippen molar-refractivity contribution in [3.63, 3.8) is 0 Å². The van der Waals surface area contributed by atoms with E-state index in [0.29, 0.717) is 10.6 Å². The number of carbonyl (C=O) groups excluding carboxylic acids is 1. The second kappa shape index (κ2) is 4.71. The lowest BCUT2D eigenvalue weighted by molar-refractivity contribution is -0.142. The zero-order valence-corrected chi connectivity index (χ0v) is 11.5. The molecule has 1 amide bonds. The number of imidazole rings is 1. The van der Waals surface area contributed by atoms with Gasteiger partial charge in [-0.15, -0.1) is 11.3 Å². The Kier molecular flexibility index (Phi) is 3.01. The van der Waals surface area contributed by atoms with Crippen LogP contribution in [-0.4, -0.2) is 42.9 Å². The Morgan fingerprint density at radius 2 is 2.30 bits per heavy atom. The zero-order chi connectivity index (χ0) is 14.3. The molecule has 1 aliphatic heterocycles. The lowest BCUT2D eigenvalue weighted by atomic mass is 10.0. The number of carboxylic acid groups (broad SMARTS) is 1. The number of carbonyl (C=O) groups is 2. The minimum atomic E-state index is -1.02. The van der Waals surface area contributed by atoms with Crippen LogP contribution in [-0.2, 0) is 17.8 Å². The van der Waals surface area contributed by atoms with Gasteiger partial charge in [-0.05, 0) is 6.92 Å². The zero-order valence-electron chi connectivity index (χ0n) is 10.7. The van der Waals surface area contributed by atoms with Crippen molar-refractivity contribution in [1.29, 1.82) is 0 Å². The average molecular weight is 292 g/mol. The molecule has 0 fully saturated rings. The molecule has 20 heavy (non-hydrogen) atoms. The van der Waals surface area contributed by atoms with Crippen molar-refractivity contribution in [1.82, 2.24) is 19.9 Å². The van der Waals surface area contributed by atoms with Gasteiger partial charge in [0.15, 0.2) is 0 Å². The van der Waals surface area contributed by atoms with Gasteiger partial charge in [-0.25, -0.2) is 14.8 Å². The monoisotopic (exact) mass is 292 g/mol. The Morgan fingerprint density at radius 3 is 2.95 bits per heavy atom. The van der Waals surface area contributed by atoms with E-state index in [9.17, 15) is 14.7 Å². The lowest BCUT2D eigenvalue weighted by Gasteiger charge is -2.31. The number of aliphatic carboxylic acids is 1. The van der Waals surface area contributed by atoms with Crippen molar-refractivity contribution >= 4 is 23.2 Å². The predicted molar refractivity (Wildman–Crippen MR) is 70.4 cm³/mol. The Hall–Kier alpha value is -2.22. The first kappa shape index (κ1) is 12.8. The van der Waals surface area contributed by atoms with Crippen molar-refractivity contribution in [2.24, 2.45) is 0 Å². The number of aromatic amines is 1. The van der Waals surface area contributed by atoms with Gasteiger partial charge in [-0.3, -0.25) is 4.79 Å². The van der Waals surface area contributed by atoms with Gasteiger partial charge in [-0.2, -0.15) is 0 Å². The summed E-state index contributed by atoms with van der Waals surface area (Å²) in [4.78, 5) is 36.7. The molecule has 8 heteroatoms. The van der Waals surface area contributed by atoms with Gasteiger partial charge in [-0.1, -0.05) is 0 Å². The van der Waals surface area contributed by atoms with Crippen LogP contribution in [0.3, 0.4) is 0 Å². The first-order chi connectivity index (χ1) is 9.56. The van der Waals surface area contributed by atoms with Crippen molar-refractivity contribution in [3.8, 4) is 0 Å². The maximum Gasteiger partial charge on any atom is 0.326 e. The summed E-state index contributed by atoms with van der Waals surface area (Å²) in [5.41, 5.74) is 1.50. The van der Waals surface area contributed by atoms with Gasteiger partial charge < -0.3 is 15.0 Å². The predicted octanol–water partition coefficient (Wildman–Crippen LogP) is 0.826. The molecule has 0 spiro atoms. The minimum Gasteiger partial charge on any atom is -0.480 e. The standard InChI is InChI=1S/C12H12N4O3S/c1-6-13-3-10(20-6)11(17)16-4-8-7(14-5-15-8)2-9(16)12(18)19/h3,5,9H,2,4H2,1H3,(H,14,15)(H,18,19). The van der Waals surface area contributed by atoms with E-state index in [0.717, 1.165) is 10.7 Å². The fourth-order valence-corrected chi connectivity index (χ4v) is 3.01. The number of thiazole rings is 1. The van der Waals surface area contributed by atoms with Crippen LogP contribution in [0.1, 0.15) is 26.1 Å². The SMILES string of the molecule is Cc1ncc(C(=O)N2Cc3[nH]cnc3CC2C(=O)O)s1. The molecule has 2 N–H and O–H groups in total. The number of rotatable bonds is 2. The van der Waals surface area contributed by atoms with Crippen LogP contribution in [0.25, 0.3) is 0 Å². The largest absolute Gasteiger partial charge is 0.480 e. The lowest BCUT2D eigenvalue weighted by Crippen LogP contribution is -2.48. The molecule has 0 aliphatic carbocycles. The van der Waals surface area contributed by atoms with Crippen LogP contribution < -0.4 is 0 Å². The molecule has 7 nitrogen and oxygen atoms in total. The second-order valence-electron chi connectivity index (χ2n) is 4.56. The third-order valence-corrected chi connectivity index (χ3v) is 4.18. The summed E-state index contributed by atoms with van der Waals surface area (Å²) < 4.78 is 0. The Morgan fingerprint density at radius 1 is 1.50 bits per heavy atom. The summed E-state index contributed by atoms with van der Waals surface area (Å²) in [6, 6.07) is -0.888. The molecule has 1 unspecified atom stereocenters. The van der Waals surface area contributed by atoms with Crippen LogP contribution in [0.2, 0.25) is 0 Å². The van der Waals surface area contributed by atoms with Gasteiger partial charge in [0.25, 0.3) is 5.91 Å². The van der Waals surface area contributed by atoms with E-state index >= 15 is 0 Å². The fourth-order valence-electron chi connectivity index (χ4n) is 2.27. The highest BCUT2D eigenvalue weighted by atomic mass is 32.1. The van der Waals surface area contributed by atoms with Crippen molar-refractivity contribution in [2.45, 2.75) is 25.9 Å². The quantitative estimate of drug-likeness (QED) is 0.854. The fraction of sp³-hybridized carbons (Fsp3) is 0.333. The van der Waals surface area contributed by atoms with Gasteiger partial charge in [0, 0.05) is 6.42 Å². The molecule has 3 rings (SSSR count). The smallest absolute Gasteiger partial charge is 0.326 e. The highest BCUT2D eigenvalue weighted by molar-refractivity contribution is 7.13. The number of nitrogens with zero attached hydrogens (tertiary/aromatic N) is 3. The number of fused-ring (bicyclic) bond motifs is 1. The molecule has 104 valence electrons. The Bertz CT molecular complexity index is 678. The third kappa shape index (κ3) is 2.07. The van der Waals surface area contributed by atoms with E-state index in [2.05, 4.69) is 15.0 Å². The Labute approximate surface area is 118 Å². The van der Waals surface area contributed by atoms with E-state index in [1.54, 1.807) is 6.92 Å². The van der Waals surface area contributed by atoms with E-state index in [-0.39, 0.29) is 18.9 Å². The summed E-state index contributed by atoms with van der Waals surface area (Å²) in [6.07, 6.45) is 3.23. The molecule has 0 radical (unpaired) electrons. The normalized spacial score (nSPS) is 17.9. The average Bonchev–Trinajstić information content (AvgIpc) is 3.04. The number of carboxylic acids is 1. The number of aryl methyl sites for hydroxylation is 1. The van der Waals surface area contributed by atoms with Crippen LogP contribution in [0.15, 0.2) is 12.5 Å². The molecule has 0 bridgehead atoms. The first-order valence-corrected chi connectivity index (χ1v) is 6.85. The first-order valence-electron chi connectivity index (χ1n) is 6.03. The molecule has 3 heterocycles. The Balaban J connectivity index is 1.94. The number of hydrogen-bond donors (Lipinski definition) is 2. The van der Waals surface area contributed by atoms with Crippen molar-refractivity contribution < 1.29 is 14.7 Å². The van der Waals surface area contributed by atoms with E-state index < -0.39 is 12.0 Å². The summed E-state index contributed by atoms with van der Waals surface area (Å²) in [7, 11) is 0. The number of amides is 1. The van der Waals surface area contributed by atoms with Gasteiger partial charge in [0.1, 0.15) is 10.9 Å². The molecule has 2 aromatic rings. The van der Waals surface area contributed by atoms with Gasteiger partial charge in [0.05, 0.1) is 35.5 Å². The van der Waals surface area contributed by atoms with Crippen LogP contribution in [0, 0.1) is 6.92 Å². The van der Waals surface area contributed by atoms with Crippen LogP contribution in [0.4, 0.5) is 0 Å². The molecule has 0 saturated heterocycles. The molecule has 1 atom stereocenters. The molecule has 2 aromatic heterocycles. The highest BCUT2D eigenvalue weighted by Gasteiger charge is 2.36. The summed E-state index contributed by atoms with van der Waals surface area (Å²) in [6.45, 7) is 2.03. The van der Waals surface area contributed by atoms with Crippen molar-refractivity contribution in [2.75, 3.05) is 0 Å². The van der Waals surface area contributed by atoms with Crippen LogP contribution in [0.5, 0.6) is 0 Å². The maximum atomic E-state index is 12.5. The molecular formula is C12H12N4O3S. The number of hydrogen-bond acceptors (Lipinski definition) is 5. The minimum absolute atomic E-state index is 0.220. The maximum absolute atomic E-state index is 12.5. The second-order valence-corrected chi connectivity index (χ2v) is 5.80. The van der Waals surface area contributed by atoms with E-state index in [1.807, 2.05) is 0 Å². The van der Waals surface area contributed by atoms with Crippen molar-refractivity contribution in [3.05, 3.63) is 33.8 Å². The van der Waals surface area contributed by atoms with Crippen LogP contribution >= 0.6 is 11.3 Å². The molecule has 0 aromatic carbocycles. The third-order valence-electron chi connectivity index (χ3n) is 3.28.